The highest BCUT2D eigenvalue weighted by Crippen LogP contribution is 2.29. The number of rotatable bonds is 3. The predicted octanol–water partition coefficient (Wildman–Crippen LogP) is 4.20. The zero-order valence-electron chi connectivity index (χ0n) is 10.7. The molecule has 3 aromatic rings. The van der Waals surface area contributed by atoms with Gasteiger partial charge in [-0.3, -0.25) is 0 Å². The van der Waals surface area contributed by atoms with E-state index in [1.165, 1.54) is 6.07 Å². The van der Waals surface area contributed by atoms with Gasteiger partial charge in [-0.15, -0.1) is 0 Å². The van der Waals surface area contributed by atoms with E-state index in [4.69, 9.17) is 21.1 Å². The number of aromatic carboxylic acids is 1. The molecule has 3 rings (SSSR count). The summed E-state index contributed by atoms with van der Waals surface area (Å²) in [5.74, 6) is -0.523. The van der Waals surface area contributed by atoms with E-state index in [-0.39, 0.29) is 11.8 Å². The van der Waals surface area contributed by atoms with Gasteiger partial charge in [0.15, 0.2) is 0 Å². The molecule has 1 aromatic carbocycles. The van der Waals surface area contributed by atoms with Crippen LogP contribution in [-0.4, -0.2) is 15.6 Å². The van der Waals surface area contributed by atoms with Gasteiger partial charge in [-0.2, -0.15) is 0 Å². The molecule has 0 spiro atoms. The molecule has 0 saturated carbocycles. The maximum absolute atomic E-state index is 10.9. The molecule has 0 radical (unpaired) electrons. The van der Waals surface area contributed by atoms with Gasteiger partial charge in [0.1, 0.15) is 5.76 Å². The lowest BCUT2D eigenvalue weighted by Crippen LogP contribution is -2.04. The average Bonchev–Trinajstić information content (AvgIpc) is 3.05. The molecule has 0 fully saturated rings. The molecule has 0 aliphatic heterocycles. The van der Waals surface area contributed by atoms with E-state index in [0.29, 0.717) is 10.8 Å². The quantitative estimate of drug-likeness (QED) is 0.786. The summed E-state index contributed by atoms with van der Waals surface area (Å²) in [5, 5.41) is 10.6. The Balaban J connectivity index is 2.05. The number of carboxylic acid groups (broad SMARTS) is 1. The van der Waals surface area contributed by atoms with Crippen molar-refractivity contribution in [3.05, 3.63) is 59.1 Å². The average molecular weight is 290 g/mol. The van der Waals surface area contributed by atoms with E-state index in [9.17, 15) is 4.79 Å². The maximum atomic E-state index is 10.9. The van der Waals surface area contributed by atoms with E-state index in [1.807, 2.05) is 42.0 Å². The number of aromatic nitrogens is 1. The topological polar surface area (TPSA) is 55.4 Å². The van der Waals surface area contributed by atoms with E-state index in [1.54, 1.807) is 6.07 Å². The first-order valence-electron chi connectivity index (χ1n) is 6.16. The van der Waals surface area contributed by atoms with Crippen LogP contribution in [-0.2, 0) is 0 Å². The lowest BCUT2D eigenvalue weighted by Gasteiger charge is -2.12. The Labute approximate surface area is 120 Å². The van der Waals surface area contributed by atoms with Gasteiger partial charge in [-0.1, -0.05) is 17.7 Å². The molecule has 4 nitrogen and oxygen atoms in total. The molecule has 1 N–H and O–H groups in total. The van der Waals surface area contributed by atoms with Crippen molar-refractivity contribution in [2.75, 3.05) is 0 Å². The van der Waals surface area contributed by atoms with Crippen molar-refractivity contribution in [2.45, 2.75) is 13.0 Å². The molecule has 0 bridgehead atoms. The van der Waals surface area contributed by atoms with Gasteiger partial charge in [-0.25, -0.2) is 4.79 Å². The first-order chi connectivity index (χ1) is 9.58. The monoisotopic (exact) mass is 289 g/mol. The van der Waals surface area contributed by atoms with Gasteiger partial charge in [0.05, 0.1) is 11.6 Å². The third kappa shape index (κ3) is 1.98. The second-order valence-corrected chi connectivity index (χ2v) is 4.99. The number of hydrogen-bond donors (Lipinski definition) is 1. The minimum Gasteiger partial charge on any atom is -0.475 e. The van der Waals surface area contributed by atoms with Crippen molar-refractivity contribution < 1.29 is 14.3 Å². The number of halogens is 1. The molecule has 1 unspecified atom stereocenters. The van der Waals surface area contributed by atoms with Crippen LogP contribution >= 0.6 is 11.6 Å². The number of fused-ring (bicyclic) bond motifs is 1. The molecule has 1 atom stereocenters. The summed E-state index contributed by atoms with van der Waals surface area (Å²) in [6.45, 7) is 1.95. The van der Waals surface area contributed by atoms with Crippen LogP contribution < -0.4 is 0 Å². The number of hydrogen-bond acceptors (Lipinski definition) is 2. The number of furan rings is 1. The van der Waals surface area contributed by atoms with E-state index in [0.717, 1.165) is 10.9 Å². The van der Waals surface area contributed by atoms with Gasteiger partial charge in [0.2, 0.25) is 5.76 Å². The summed E-state index contributed by atoms with van der Waals surface area (Å²) in [6.07, 6.45) is 1.92. The smallest absolute Gasteiger partial charge is 0.371 e. The summed E-state index contributed by atoms with van der Waals surface area (Å²) in [5.41, 5.74) is 0.985. The molecule has 102 valence electrons. The van der Waals surface area contributed by atoms with Crippen molar-refractivity contribution in [2.24, 2.45) is 0 Å². The van der Waals surface area contributed by atoms with Crippen molar-refractivity contribution in [3.63, 3.8) is 0 Å². The Morgan fingerprint density at radius 3 is 2.80 bits per heavy atom. The predicted molar refractivity (Wildman–Crippen MR) is 76.4 cm³/mol. The normalized spacial score (nSPS) is 12.7. The van der Waals surface area contributed by atoms with E-state index in [2.05, 4.69) is 0 Å². The van der Waals surface area contributed by atoms with Crippen LogP contribution in [0.2, 0.25) is 5.02 Å². The zero-order chi connectivity index (χ0) is 14.3. The molecule has 20 heavy (non-hydrogen) atoms. The van der Waals surface area contributed by atoms with Crippen LogP contribution in [0.25, 0.3) is 10.9 Å². The van der Waals surface area contributed by atoms with E-state index < -0.39 is 5.97 Å². The lowest BCUT2D eigenvalue weighted by atomic mass is 10.2. The fourth-order valence-corrected chi connectivity index (χ4v) is 2.55. The van der Waals surface area contributed by atoms with Crippen LogP contribution in [0.15, 0.2) is 47.0 Å². The van der Waals surface area contributed by atoms with Crippen molar-refractivity contribution in [1.29, 1.82) is 0 Å². The second kappa shape index (κ2) is 4.72. The standard InChI is InChI=1S/C15H12ClNO3/c1-9(13-5-6-14(20-13)15(18)19)17-8-7-10-11(16)3-2-4-12(10)17/h2-9H,1H3,(H,18,19). The summed E-state index contributed by atoms with van der Waals surface area (Å²) in [4.78, 5) is 10.9. The SMILES string of the molecule is CC(c1ccc(C(=O)O)o1)n1ccc2c(Cl)cccc21. The Morgan fingerprint density at radius 1 is 1.30 bits per heavy atom. The second-order valence-electron chi connectivity index (χ2n) is 4.58. The van der Waals surface area contributed by atoms with Crippen molar-refractivity contribution in [1.82, 2.24) is 4.57 Å². The molecule has 0 aliphatic rings. The van der Waals surface area contributed by atoms with Crippen molar-refractivity contribution >= 4 is 28.5 Å². The van der Waals surface area contributed by atoms with Gasteiger partial charge >= 0.3 is 5.97 Å². The molecule has 0 saturated heterocycles. The highest BCUT2D eigenvalue weighted by atomic mass is 35.5. The highest BCUT2D eigenvalue weighted by molar-refractivity contribution is 6.35. The van der Waals surface area contributed by atoms with Gasteiger partial charge in [0, 0.05) is 16.6 Å². The molecule has 0 amide bonds. The van der Waals surface area contributed by atoms with Crippen LogP contribution in [0.1, 0.15) is 29.3 Å². The first-order valence-corrected chi connectivity index (χ1v) is 6.54. The molecule has 2 heterocycles. The summed E-state index contributed by atoms with van der Waals surface area (Å²) < 4.78 is 7.36. The molecule has 0 aliphatic carbocycles. The highest BCUT2D eigenvalue weighted by Gasteiger charge is 2.17. The van der Waals surface area contributed by atoms with Crippen LogP contribution in [0.5, 0.6) is 0 Å². The Kier molecular flexibility index (Phi) is 3.03. The van der Waals surface area contributed by atoms with Gasteiger partial charge in [-0.05, 0) is 37.3 Å². The minimum absolute atomic E-state index is 0.0543. The Bertz CT molecular complexity index is 787. The fraction of sp³-hybridized carbons (Fsp3) is 0.133. The molecular weight excluding hydrogens is 278 g/mol. The largest absolute Gasteiger partial charge is 0.475 e. The number of carbonyl (C=O) groups is 1. The summed E-state index contributed by atoms with van der Waals surface area (Å²) in [6, 6.07) is 10.7. The Hall–Kier alpha value is -2.20. The number of benzene rings is 1. The third-order valence-corrected chi connectivity index (χ3v) is 3.71. The number of nitrogens with zero attached hydrogens (tertiary/aromatic N) is 1. The van der Waals surface area contributed by atoms with Gasteiger partial charge in [0.25, 0.3) is 0 Å². The number of carboxylic acids is 1. The van der Waals surface area contributed by atoms with Crippen LogP contribution in [0.4, 0.5) is 0 Å². The van der Waals surface area contributed by atoms with Crippen molar-refractivity contribution in [3.8, 4) is 0 Å². The molecule has 5 heteroatoms. The first kappa shape index (κ1) is 12.8. The summed E-state index contributed by atoms with van der Waals surface area (Å²) >= 11 is 6.15. The van der Waals surface area contributed by atoms with Crippen LogP contribution in [0, 0.1) is 0 Å². The molecule has 2 aromatic heterocycles. The van der Waals surface area contributed by atoms with Crippen LogP contribution in [0.3, 0.4) is 0 Å². The minimum atomic E-state index is -1.07. The lowest BCUT2D eigenvalue weighted by molar-refractivity contribution is 0.0659. The summed E-state index contributed by atoms with van der Waals surface area (Å²) in [7, 11) is 0. The zero-order valence-corrected chi connectivity index (χ0v) is 11.5. The van der Waals surface area contributed by atoms with E-state index >= 15 is 0 Å². The maximum Gasteiger partial charge on any atom is 0.371 e. The fourth-order valence-electron chi connectivity index (χ4n) is 2.32. The van der Waals surface area contributed by atoms with Gasteiger partial charge < -0.3 is 14.1 Å². The molecular formula is C15H12ClNO3. The third-order valence-electron chi connectivity index (χ3n) is 3.38. The Morgan fingerprint density at radius 2 is 2.10 bits per heavy atom.